The molecule has 0 aromatic heterocycles. The van der Waals surface area contributed by atoms with Gasteiger partial charge >= 0.3 is 5.97 Å². The molecule has 2 saturated carbocycles. The summed E-state index contributed by atoms with van der Waals surface area (Å²) in [5.41, 5.74) is 7.31. The van der Waals surface area contributed by atoms with Crippen molar-refractivity contribution in [1.29, 1.82) is 0 Å². The highest BCUT2D eigenvalue weighted by Crippen LogP contribution is 2.44. The van der Waals surface area contributed by atoms with Crippen LogP contribution in [0.25, 0.3) is 0 Å². The van der Waals surface area contributed by atoms with Gasteiger partial charge in [0.25, 0.3) is 10.1 Å². The fraction of sp³-hybridized carbons (Fsp3) is 0.591. The number of amides is 2. The van der Waals surface area contributed by atoms with Crippen LogP contribution in [0.3, 0.4) is 0 Å². The number of benzene rings is 1. The second kappa shape index (κ2) is 11.1. The standard InChI is InChI=1S/C14H23N3O4.C8H10O3S/c1-7(16-14(21)10(15)6-11(18)19)13(20)17-12(8-2-3-8)9-4-5-9;1-6-3-4-8(5-7(6)2)12(9,10)11/h7-10,12H,2-6,15H2,1H3,(H,16,21)(H,17,20)(H,18,19);3-5H,1-2H3,(H,9,10,11)/t7-,10+;/m1./s1. The number of carbonyl (C=O) groups is 3. The minimum atomic E-state index is -4.04. The lowest BCUT2D eigenvalue weighted by Crippen LogP contribution is -2.53. The number of carboxylic acid groups (broad SMARTS) is 1. The maximum atomic E-state index is 12.1. The molecule has 2 atom stereocenters. The van der Waals surface area contributed by atoms with Crippen LogP contribution in [0, 0.1) is 25.7 Å². The van der Waals surface area contributed by atoms with E-state index in [1.807, 2.05) is 6.92 Å². The van der Waals surface area contributed by atoms with Crippen LogP contribution in [-0.4, -0.2) is 54.0 Å². The van der Waals surface area contributed by atoms with Gasteiger partial charge in [-0.05, 0) is 81.5 Å². The van der Waals surface area contributed by atoms with Crippen LogP contribution in [0.1, 0.15) is 50.2 Å². The molecule has 0 unspecified atom stereocenters. The van der Waals surface area contributed by atoms with Crippen LogP contribution < -0.4 is 16.4 Å². The molecular weight excluding hydrogens is 450 g/mol. The lowest BCUT2D eigenvalue weighted by molar-refractivity contribution is -0.139. The predicted molar refractivity (Wildman–Crippen MR) is 121 cm³/mol. The second-order valence-corrected chi connectivity index (χ2v) is 10.3. The van der Waals surface area contributed by atoms with Gasteiger partial charge < -0.3 is 21.5 Å². The summed E-state index contributed by atoms with van der Waals surface area (Å²) in [5, 5.41) is 14.1. The van der Waals surface area contributed by atoms with E-state index in [-0.39, 0.29) is 16.8 Å². The van der Waals surface area contributed by atoms with E-state index in [0.29, 0.717) is 11.8 Å². The molecule has 1 aromatic carbocycles. The molecule has 0 heterocycles. The van der Waals surface area contributed by atoms with Crippen molar-refractivity contribution < 1.29 is 32.5 Å². The molecule has 0 bridgehead atoms. The maximum absolute atomic E-state index is 12.1. The number of nitrogens with one attached hydrogen (secondary N) is 2. The number of hydrogen-bond donors (Lipinski definition) is 5. The molecule has 0 spiro atoms. The number of carbonyl (C=O) groups excluding carboxylic acids is 2. The molecular formula is C22H33N3O7S. The molecule has 2 aliphatic carbocycles. The highest BCUT2D eigenvalue weighted by molar-refractivity contribution is 7.85. The largest absolute Gasteiger partial charge is 0.481 e. The Balaban J connectivity index is 0.000000273. The topological polar surface area (TPSA) is 176 Å². The van der Waals surface area contributed by atoms with Crippen molar-refractivity contribution >= 4 is 27.9 Å². The smallest absolute Gasteiger partial charge is 0.305 e. The van der Waals surface area contributed by atoms with Crippen LogP contribution >= 0.6 is 0 Å². The lowest BCUT2D eigenvalue weighted by atomic mass is 10.1. The zero-order valence-electron chi connectivity index (χ0n) is 19.1. The summed E-state index contributed by atoms with van der Waals surface area (Å²) in [4.78, 5) is 34.3. The van der Waals surface area contributed by atoms with Gasteiger partial charge in [-0.1, -0.05) is 6.07 Å². The van der Waals surface area contributed by atoms with E-state index < -0.39 is 40.5 Å². The molecule has 10 nitrogen and oxygen atoms in total. The Morgan fingerprint density at radius 2 is 1.58 bits per heavy atom. The molecule has 0 aliphatic heterocycles. The van der Waals surface area contributed by atoms with E-state index in [1.54, 1.807) is 19.9 Å². The van der Waals surface area contributed by atoms with Gasteiger partial charge in [0.15, 0.2) is 0 Å². The number of nitrogens with two attached hydrogens (primary N) is 1. The Morgan fingerprint density at radius 1 is 1.03 bits per heavy atom. The first-order valence-corrected chi connectivity index (χ1v) is 12.4. The van der Waals surface area contributed by atoms with E-state index in [9.17, 15) is 22.8 Å². The number of aliphatic carboxylic acids is 1. The Kier molecular flexibility index (Phi) is 8.98. The van der Waals surface area contributed by atoms with Crippen molar-refractivity contribution in [3.63, 3.8) is 0 Å². The third-order valence-corrected chi connectivity index (χ3v) is 6.68. The average Bonchev–Trinajstić information content (AvgIpc) is 3.61. The SMILES string of the molecule is C[C@@H](NC(=O)[C@@H](N)CC(=O)O)C(=O)NC(C1CC1)C1CC1.Cc1ccc(S(=O)(=O)O)cc1C. The fourth-order valence-corrected chi connectivity index (χ4v) is 3.93. The number of aryl methyl sites for hydroxylation is 2. The van der Waals surface area contributed by atoms with Gasteiger partial charge in [-0.25, -0.2) is 0 Å². The minimum absolute atomic E-state index is 0.0504. The van der Waals surface area contributed by atoms with Crippen molar-refractivity contribution in [3.8, 4) is 0 Å². The van der Waals surface area contributed by atoms with E-state index >= 15 is 0 Å². The molecule has 2 amide bonds. The van der Waals surface area contributed by atoms with E-state index in [2.05, 4.69) is 10.6 Å². The molecule has 6 N–H and O–H groups in total. The van der Waals surface area contributed by atoms with Crippen molar-refractivity contribution in [2.45, 2.75) is 75.9 Å². The average molecular weight is 484 g/mol. The summed E-state index contributed by atoms with van der Waals surface area (Å²) in [7, 11) is -4.04. The van der Waals surface area contributed by atoms with Crippen LogP contribution in [0.5, 0.6) is 0 Å². The van der Waals surface area contributed by atoms with Gasteiger partial charge in [-0.2, -0.15) is 8.42 Å². The van der Waals surface area contributed by atoms with Crippen molar-refractivity contribution in [2.75, 3.05) is 0 Å². The molecule has 0 radical (unpaired) electrons. The third kappa shape index (κ3) is 8.75. The van der Waals surface area contributed by atoms with Gasteiger partial charge in [0, 0.05) is 6.04 Å². The van der Waals surface area contributed by atoms with Crippen LogP contribution in [0.15, 0.2) is 23.1 Å². The first-order valence-electron chi connectivity index (χ1n) is 10.9. The van der Waals surface area contributed by atoms with E-state index in [4.69, 9.17) is 15.4 Å². The number of carboxylic acids is 1. The number of hydrogen-bond acceptors (Lipinski definition) is 6. The van der Waals surface area contributed by atoms with Gasteiger partial charge in [0.05, 0.1) is 17.4 Å². The predicted octanol–water partition coefficient (Wildman–Crippen LogP) is 1.15. The number of rotatable bonds is 9. The van der Waals surface area contributed by atoms with Crippen LogP contribution in [0.4, 0.5) is 0 Å². The Labute approximate surface area is 194 Å². The highest BCUT2D eigenvalue weighted by atomic mass is 32.2. The second-order valence-electron chi connectivity index (χ2n) is 8.86. The quantitative estimate of drug-likeness (QED) is 0.325. The Hall–Kier alpha value is -2.50. The summed E-state index contributed by atoms with van der Waals surface area (Å²) < 4.78 is 30.0. The van der Waals surface area contributed by atoms with Gasteiger partial charge in [-0.3, -0.25) is 18.9 Å². The Morgan fingerprint density at radius 3 is 2.00 bits per heavy atom. The molecule has 11 heteroatoms. The highest BCUT2D eigenvalue weighted by Gasteiger charge is 2.42. The normalized spacial score (nSPS) is 17.4. The van der Waals surface area contributed by atoms with Gasteiger partial charge in [0.1, 0.15) is 6.04 Å². The maximum Gasteiger partial charge on any atom is 0.305 e. The van der Waals surface area contributed by atoms with Crippen LogP contribution in [-0.2, 0) is 24.5 Å². The Bertz CT molecular complexity index is 976. The summed E-state index contributed by atoms with van der Waals surface area (Å²) in [6, 6.07) is 2.88. The third-order valence-electron chi connectivity index (χ3n) is 5.83. The minimum Gasteiger partial charge on any atom is -0.481 e. The van der Waals surface area contributed by atoms with Crippen molar-refractivity contribution in [3.05, 3.63) is 29.3 Å². The monoisotopic (exact) mass is 483 g/mol. The molecule has 184 valence electrons. The van der Waals surface area contributed by atoms with E-state index in [0.717, 1.165) is 36.8 Å². The first kappa shape index (κ1) is 26.7. The van der Waals surface area contributed by atoms with Crippen molar-refractivity contribution in [2.24, 2.45) is 17.6 Å². The first-order chi connectivity index (χ1) is 15.3. The van der Waals surface area contributed by atoms with Crippen molar-refractivity contribution in [1.82, 2.24) is 10.6 Å². The summed E-state index contributed by atoms with van der Waals surface area (Å²) in [6.45, 7) is 5.25. The molecule has 2 aliphatic rings. The molecule has 33 heavy (non-hydrogen) atoms. The molecule has 0 saturated heterocycles. The summed E-state index contributed by atoms with van der Waals surface area (Å²) in [5.74, 6) is -0.821. The summed E-state index contributed by atoms with van der Waals surface area (Å²) in [6.07, 6.45) is 4.18. The molecule has 3 rings (SSSR count). The molecule has 1 aromatic rings. The summed E-state index contributed by atoms with van der Waals surface area (Å²) >= 11 is 0. The van der Waals surface area contributed by atoms with E-state index in [1.165, 1.54) is 12.1 Å². The van der Waals surface area contributed by atoms with Gasteiger partial charge in [-0.15, -0.1) is 0 Å². The zero-order valence-corrected chi connectivity index (χ0v) is 19.9. The van der Waals surface area contributed by atoms with Crippen LogP contribution in [0.2, 0.25) is 0 Å². The zero-order chi connectivity index (χ0) is 24.9. The molecule has 2 fully saturated rings. The van der Waals surface area contributed by atoms with Gasteiger partial charge in [0.2, 0.25) is 11.8 Å². The fourth-order valence-electron chi connectivity index (χ4n) is 3.36. The lowest BCUT2D eigenvalue weighted by Gasteiger charge is -2.22.